The van der Waals surface area contributed by atoms with E-state index in [2.05, 4.69) is 24.1 Å². The summed E-state index contributed by atoms with van der Waals surface area (Å²) in [4.78, 5) is 2.44. The summed E-state index contributed by atoms with van der Waals surface area (Å²) in [5.41, 5.74) is 0.875. The third-order valence-electron chi connectivity index (χ3n) is 4.57. The van der Waals surface area contributed by atoms with Crippen LogP contribution in [0.2, 0.25) is 0 Å². The molecule has 1 aromatic carbocycles. The standard InChI is InChI=1S/C17H28N2O3.2ClH/c1-5-12(2)17(19-8-6-18-7-9-19)16-14(20)10-13(21-3)11-15(16)22-4;;/h10-12,17-18,20H,5-9H2,1-4H3;2*1H/t12?,17-;;/m0../s1. The second-order valence-corrected chi connectivity index (χ2v) is 5.88. The van der Waals surface area contributed by atoms with Crippen LogP contribution in [-0.2, 0) is 0 Å². The van der Waals surface area contributed by atoms with Crippen LogP contribution in [0.25, 0.3) is 0 Å². The Morgan fingerprint density at radius 1 is 1.17 bits per heavy atom. The number of methoxy groups -OCH3 is 2. The van der Waals surface area contributed by atoms with Crippen LogP contribution in [0, 0.1) is 5.92 Å². The molecule has 0 radical (unpaired) electrons. The molecule has 1 heterocycles. The molecule has 1 aliphatic heterocycles. The van der Waals surface area contributed by atoms with Crippen molar-refractivity contribution in [3.63, 3.8) is 0 Å². The van der Waals surface area contributed by atoms with E-state index in [0.717, 1.165) is 38.2 Å². The van der Waals surface area contributed by atoms with Gasteiger partial charge in [0.25, 0.3) is 0 Å². The number of hydrogen-bond donors (Lipinski definition) is 2. The second-order valence-electron chi connectivity index (χ2n) is 5.88. The molecule has 0 aromatic heterocycles. The van der Waals surface area contributed by atoms with Gasteiger partial charge in [-0.2, -0.15) is 0 Å². The number of phenols is 1. The van der Waals surface area contributed by atoms with Gasteiger partial charge < -0.3 is 19.9 Å². The number of nitrogens with one attached hydrogen (secondary N) is 1. The molecule has 0 aliphatic carbocycles. The van der Waals surface area contributed by atoms with Crippen molar-refractivity contribution in [1.82, 2.24) is 10.2 Å². The predicted octanol–water partition coefficient (Wildman–Crippen LogP) is 3.25. The highest BCUT2D eigenvalue weighted by Gasteiger charge is 2.31. The monoisotopic (exact) mass is 380 g/mol. The molecule has 2 atom stereocenters. The van der Waals surface area contributed by atoms with Crippen molar-refractivity contribution in [2.24, 2.45) is 5.92 Å². The molecule has 5 nitrogen and oxygen atoms in total. The van der Waals surface area contributed by atoms with Gasteiger partial charge in [-0.15, -0.1) is 24.8 Å². The maximum atomic E-state index is 10.6. The first-order valence-electron chi connectivity index (χ1n) is 8.02. The van der Waals surface area contributed by atoms with Gasteiger partial charge in [-0.3, -0.25) is 4.90 Å². The lowest BCUT2D eigenvalue weighted by Crippen LogP contribution is -2.46. The smallest absolute Gasteiger partial charge is 0.131 e. The number of benzene rings is 1. The highest BCUT2D eigenvalue weighted by atomic mass is 35.5. The molecular weight excluding hydrogens is 351 g/mol. The summed E-state index contributed by atoms with van der Waals surface area (Å²) in [5.74, 6) is 1.98. The highest BCUT2D eigenvalue weighted by molar-refractivity contribution is 5.85. The summed E-state index contributed by atoms with van der Waals surface area (Å²) < 4.78 is 10.8. The molecule has 1 aliphatic rings. The predicted molar refractivity (Wildman–Crippen MR) is 102 cm³/mol. The van der Waals surface area contributed by atoms with Crippen molar-refractivity contribution in [3.8, 4) is 17.2 Å². The summed E-state index contributed by atoms with van der Waals surface area (Å²) in [5, 5.41) is 14.0. The van der Waals surface area contributed by atoms with Crippen LogP contribution in [0.5, 0.6) is 17.2 Å². The van der Waals surface area contributed by atoms with E-state index in [9.17, 15) is 5.11 Å². The molecule has 0 saturated carbocycles. The minimum Gasteiger partial charge on any atom is -0.507 e. The van der Waals surface area contributed by atoms with E-state index >= 15 is 0 Å². The molecule has 1 unspecified atom stereocenters. The lowest BCUT2D eigenvalue weighted by Gasteiger charge is -2.39. The fourth-order valence-corrected chi connectivity index (χ4v) is 3.18. The number of rotatable bonds is 6. The minimum atomic E-state index is 0. The van der Waals surface area contributed by atoms with E-state index in [1.165, 1.54) is 0 Å². The Labute approximate surface area is 157 Å². The van der Waals surface area contributed by atoms with Gasteiger partial charge in [0.1, 0.15) is 17.2 Å². The van der Waals surface area contributed by atoms with Crippen LogP contribution in [-0.4, -0.2) is 50.4 Å². The molecule has 1 saturated heterocycles. The zero-order valence-corrected chi connectivity index (χ0v) is 16.5. The van der Waals surface area contributed by atoms with E-state index in [1.54, 1.807) is 20.3 Å². The first kappa shape index (κ1) is 23.1. The molecular formula is C17H30Cl2N2O3. The van der Waals surface area contributed by atoms with Gasteiger partial charge in [-0.25, -0.2) is 0 Å². The summed E-state index contributed by atoms with van der Waals surface area (Å²) in [6, 6.07) is 3.68. The molecule has 2 rings (SSSR count). The number of hydrogen-bond acceptors (Lipinski definition) is 5. The van der Waals surface area contributed by atoms with Gasteiger partial charge >= 0.3 is 0 Å². The third kappa shape index (κ3) is 5.06. The van der Waals surface area contributed by atoms with Crippen molar-refractivity contribution in [1.29, 1.82) is 0 Å². The molecule has 7 heteroatoms. The number of piperazine rings is 1. The number of phenolic OH excluding ortho intramolecular Hbond substituents is 1. The molecule has 24 heavy (non-hydrogen) atoms. The van der Waals surface area contributed by atoms with Gasteiger partial charge in [0.2, 0.25) is 0 Å². The van der Waals surface area contributed by atoms with Gasteiger partial charge in [0.15, 0.2) is 0 Å². The van der Waals surface area contributed by atoms with E-state index < -0.39 is 0 Å². The lowest BCUT2D eigenvalue weighted by molar-refractivity contribution is 0.123. The Balaban J connectivity index is 0.00000264. The Bertz CT molecular complexity index is 497. The Hall–Kier alpha value is -0.880. The van der Waals surface area contributed by atoms with Crippen molar-refractivity contribution < 1.29 is 14.6 Å². The zero-order chi connectivity index (χ0) is 16.1. The quantitative estimate of drug-likeness (QED) is 0.792. The molecule has 0 spiro atoms. The first-order valence-corrected chi connectivity index (χ1v) is 8.02. The van der Waals surface area contributed by atoms with E-state index in [1.807, 2.05) is 6.07 Å². The molecule has 0 bridgehead atoms. The molecule has 2 N–H and O–H groups in total. The van der Waals surface area contributed by atoms with Gasteiger partial charge in [0.05, 0.1) is 19.8 Å². The van der Waals surface area contributed by atoms with Gasteiger partial charge in [-0.05, 0) is 5.92 Å². The summed E-state index contributed by atoms with van der Waals surface area (Å²) in [6.07, 6.45) is 1.04. The van der Waals surface area contributed by atoms with Crippen LogP contribution < -0.4 is 14.8 Å². The number of halogens is 2. The SMILES string of the molecule is CCC(C)[C@@H](c1c(O)cc(OC)cc1OC)N1CCNCC1.Cl.Cl. The van der Waals surface area contributed by atoms with Crippen molar-refractivity contribution in [2.75, 3.05) is 40.4 Å². The van der Waals surface area contributed by atoms with Crippen molar-refractivity contribution in [2.45, 2.75) is 26.3 Å². The van der Waals surface area contributed by atoms with E-state index in [0.29, 0.717) is 17.4 Å². The van der Waals surface area contributed by atoms with Crippen LogP contribution in [0.4, 0.5) is 0 Å². The molecule has 1 aromatic rings. The van der Waals surface area contributed by atoms with Crippen LogP contribution in [0.1, 0.15) is 31.9 Å². The second kappa shape index (κ2) is 10.9. The minimum absolute atomic E-state index is 0. The first-order chi connectivity index (χ1) is 10.6. The zero-order valence-electron chi connectivity index (χ0n) is 14.9. The maximum absolute atomic E-state index is 10.6. The highest BCUT2D eigenvalue weighted by Crippen LogP contribution is 2.43. The maximum Gasteiger partial charge on any atom is 0.131 e. The lowest BCUT2D eigenvalue weighted by atomic mass is 9.89. The Morgan fingerprint density at radius 2 is 1.79 bits per heavy atom. The van der Waals surface area contributed by atoms with Crippen LogP contribution in [0.15, 0.2) is 12.1 Å². The van der Waals surface area contributed by atoms with E-state index in [-0.39, 0.29) is 36.6 Å². The summed E-state index contributed by atoms with van der Waals surface area (Å²) in [7, 11) is 3.24. The molecule has 140 valence electrons. The van der Waals surface area contributed by atoms with Crippen molar-refractivity contribution in [3.05, 3.63) is 17.7 Å². The molecule has 1 fully saturated rings. The number of nitrogens with zero attached hydrogens (tertiary/aromatic N) is 1. The third-order valence-corrected chi connectivity index (χ3v) is 4.57. The van der Waals surface area contributed by atoms with Gasteiger partial charge in [0, 0.05) is 44.4 Å². The van der Waals surface area contributed by atoms with Crippen LogP contribution >= 0.6 is 24.8 Å². The topological polar surface area (TPSA) is 54.0 Å². The number of aromatic hydroxyl groups is 1. The number of ether oxygens (including phenoxy) is 2. The normalized spacial score (nSPS) is 17.2. The average Bonchev–Trinajstić information content (AvgIpc) is 2.56. The van der Waals surface area contributed by atoms with Crippen molar-refractivity contribution >= 4 is 24.8 Å². The van der Waals surface area contributed by atoms with Gasteiger partial charge in [-0.1, -0.05) is 20.3 Å². The fourth-order valence-electron chi connectivity index (χ4n) is 3.18. The average molecular weight is 381 g/mol. The largest absolute Gasteiger partial charge is 0.507 e. The Kier molecular flexibility index (Phi) is 10.5. The summed E-state index contributed by atoms with van der Waals surface area (Å²) in [6.45, 7) is 8.33. The van der Waals surface area contributed by atoms with E-state index in [4.69, 9.17) is 9.47 Å². The summed E-state index contributed by atoms with van der Waals surface area (Å²) >= 11 is 0. The van der Waals surface area contributed by atoms with Crippen LogP contribution in [0.3, 0.4) is 0 Å². The fraction of sp³-hybridized carbons (Fsp3) is 0.647. The molecule has 0 amide bonds. The Morgan fingerprint density at radius 3 is 2.29 bits per heavy atom.